The van der Waals surface area contributed by atoms with Crippen molar-refractivity contribution in [3.63, 3.8) is 0 Å². The third kappa shape index (κ3) is 19.2. The molecule has 0 saturated carbocycles. The second-order valence-electron chi connectivity index (χ2n) is 11.3. The minimum atomic E-state index is -0.0125. The van der Waals surface area contributed by atoms with E-state index in [1.165, 1.54) is 51.4 Å². The first kappa shape index (κ1) is 27.9. The van der Waals surface area contributed by atoms with E-state index < -0.39 is 0 Å². The zero-order chi connectivity index (χ0) is 21.6. The van der Waals surface area contributed by atoms with Gasteiger partial charge in [0.15, 0.2) is 0 Å². The molecule has 0 fully saturated rings. The molecule has 0 spiro atoms. The fraction of sp³-hybridized carbons (Fsp3) is 1.00. The largest absolute Gasteiger partial charge is 0.376 e. The van der Waals surface area contributed by atoms with Crippen LogP contribution in [0.2, 0.25) is 0 Å². The number of ether oxygens (including phenoxy) is 2. The Kier molecular flexibility index (Phi) is 14.8. The van der Waals surface area contributed by atoms with Gasteiger partial charge < -0.3 is 9.47 Å². The van der Waals surface area contributed by atoms with E-state index in [2.05, 4.69) is 62.3 Å². The van der Waals surface area contributed by atoms with E-state index in [9.17, 15) is 0 Å². The summed E-state index contributed by atoms with van der Waals surface area (Å²) in [6, 6.07) is 0. The first-order chi connectivity index (χ1) is 12.9. The highest BCUT2D eigenvalue weighted by Gasteiger charge is 2.18. The highest BCUT2D eigenvalue weighted by atomic mass is 16.5. The monoisotopic (exact) mass is 398 g/mol. The fourth-order valence-electron chi connectivity index (χ4n) is 3.62. The molecule has 0 aromatic rings. The summed E-state index contributed by atoms with van der Waals surface area (Å²) in [6.07, 6.45) is 12.9. The summed E-state index contributed by atoms with van der Waals surface area (Å²) in [6.45, 7) is 22.1. The molecule has 0 aliphatic rings. The van der Waals surface area contributed by atoms with Crippen LogP contribution in [0.4, 0.5) is 0 Å². The second kappa shape index (κ2) is 14.8. The molecule has 0 aromatic heterocycles. The predicted octanol–water partition coefficient (Wildman–Crippen LogP) is 8.43. The Hall–Kier alpha value is -0.0800. The molecular weight excluding hydrogens is 344 g/mol. The van der Waals surface area contributed by atoms with E-state index in [1.807, 2.05) is 0 Å². The molecule has 0 N–H and O–H groups in total. The van der Waals surface area contributed by atoms with Crippen LogP contribution < -0.4 is 0 Å². The highest BCUT2D eigenvalue weighted by molar-refractivity contribution is 4.70. The molecule has 2 unspecified atom stereocenters. The van der Waals surface area contributed by atoms with Gasteiger partial charge in [-0.2, -0.15) is 0 Å². The zero-order valence-electron chi connectivity index (χ0n) is 21.0. The number of hydrogen-bond acceptors (Lipinski definition) is 2. The molecule has 0 aliphatic carbocycles. The lowest BCUT2D eigenvalue weighted by atomic mass is 9.94. The Balaban J connectivity index is 3.69. The molecule has 0 rings (SSSR count). The molecule has 0 radical (unpaired) electrons. The van der Waals surface area contributed by atoms with Crippen molar-refractivity contribution in [2.45, 2.75) is 138 Å². The number of rotatable bonds is 17. The molecule has 0 bridgehead atoms. The van der Waals surface area contributed by atoms with Crippen molar-refractivity contribution >= 4 is 0 Å². The average Bonchev–Trinajstić information content (AvgIpc) is 2.52. The maximum atomic E-state index is 6.21. The van der Waals surface area contributed by atoms with Crippen LogP contribution in [0.5, 0.6) is 0 Å². The van der Waals surface area contributed by atoms with Crippen LogP contribution >= 0.6 is 0 Å². The molecule has 0 aliphatic heterocycles. The van der Waals surface area contributed by atoms with Crippen molar-refractivity contribution in [2.75, 3.05) is 13.2 Å². The summed E-state index contributed by atoms with van der Waals surface area (Å²) in [4.78, 5) is 0. The second-order valence-corrected chi connectivity index (χ2v) is 11.3. The van der Waals surface area contributed by atoms with Crippen LogP contribution in [0.15, 0.2) is 0 Å². The number of unbranched alkanes of at least 4 members (excludes halogenated alkanes) is 1. The summed E-state index contributed by atoms with van der Waals surface area (Å²) in [5, 5.41) is 0. The predicted molar refractivity (Wildman–Crippen MR) is 125 cm³/mol. The maximum absolute atomic E-state index is 6.21. The van der Waals surface area contributed by atoms with Crippen LogP contribution in [-0.2, 0) is 9.47 Å². The quantitative estimate of drug-likeness (QED) is 0.229. The lowest BCUT2D eigenvalue weighted by Crippen LogP contribution is -2.25. The van der Waals surface area contributed by atoms with Crippen molar-refractivity contribution < 1.29 is 9.47 Å². The summed E-state index contributed by atoms with van der Waals surface area (Å²) < 4.78 is 12.1. The van der Waals surface area contributed by atoms with Gasteiger partial charge in [-0.3, -0.25) is 0 Å². The molecule has 0 amide bonds. The molecule has 28 heavy (non-hydrogen) atoms. The third-order valence-electron chi connectivity index (χ3n) is 5.68. The van der Waals surface area contributed by atoms with Gasteiger partial charge in [-0.15, -0.1) is 0 Å². The molecule has 2 atom stereocenters. The van der Waals surface area contributed by atoms with Crippen molar-refractivity contribution in [1.82, 2.24) is 0 Å². The summed E-state index contributed by atoms with van der Waals surface area (Å²) in [5.74, 6) is 2.45. The average molecular weight is 399 g/mol. The summed E-state index contributed by atoms with van der Waals surface area (Å²) >= 11 is 0. The summed E-state index contributed by atoms with van der Waals surface area (Å²) in [7, 11) is 0. The topological polar surface area (TPSA) is 18.5 Å². The Morgan fingerprint density at radius 3 is 1.75 bits per heavy atom. The normalized spacial score (nSPS) is 15.2. The van der Waals surface area contributed by atoms with Crippen molar-refractivity contribution in [1.29, 1.82) is 0 Å². The van der Waals surface area contributed by atoms with Crippen LogP contribution in [0.3, 0.4) is 0 Å². The van der Waals surface area contributed by atoms with Gasteiger partial charge in [0.25, 0.3) is 0 Å². The van der Waals surface area contributed by atoms with Gasteiger partial charge in [0.2, 0.25) is 0 Å². The van der Waals surface area contributed by atoms with Gasteiger partial charge in [0, 0.05) is 13.2 Å². The van der Waals surface area contributed by atoms with E-state index in [0.717, 1.165) is 43.8 Å². The minimum absolute atomic E-state index is 0.0125. The van der Waals surface area contributed by atoms with Gasteiger partial charge >= 0.3 is 0 Å². The molecule has 0 saturated heterocycles. The van der Waals surface area contributed by atoms with Crippen LogP contribution in [-0.4, -0.2) is 24.4 Å². The Morgan fingerprint density at radius 1 is 0.571 bits per heavy atom. The van der Waals surface area contributed by atoms with E-state index >= 15 is 0 Å². The molecule has 170 valence electrons. The molecule has 2 nitrogen and oxygen atoms in total. The first-order valence-corrected chi connectivity index (χ1v) is 12.2. The Morgan fingerprint density at radius 2 is 1.14 bits per heavy atom. The lowest BCUT2D eigenvalue weighted by molar-refractivity contribution is -0.0282. The van der Waals surface area contributed by atoms with Gasteiger partial charge in [-0.1, -0.05) is 72.6 Å². The van der Waals surface area contributed by atoms with Gasteiger partial charge in [0.1, 0.15) is 0 Å². The SMILES string of the molecule is CC(C)CCCC(C)CCCCOC(C)(C)CCCC(C)CCOC(C)(C)C. The van der Waals surface area contributed by atoms with Gasteiger partial charge in [-0.25, -0.2) is 0 Å². The van der Waals surface area contributed by atoms with Gasteiger partial charge in [0.05, 0.1) is 11.2 Å². The lowest BCUT2D eigenvalue weighted by Gasteiger charge is -2.26. The van der Waals surface area contributed by atoms with E-state index in [0.29, 0.717) is 0 Å². The fourth-order valence-corrected chi connectivity index (χ4v) is 3.62. The third-order valence-corrected chi connectivity index (χ3v) is 5.68. The maximum Gasteiger partial charge on any atom is 0.0626 e. The smallest absolute Gasteiger partial charge is 0.0626 e. The Labute approximate surface area is 178 Å². The zero-order valence-corrected chi connectivity index (χ0v) is 21.0. The number of hydrogen-bond donors (Lipinski definition) is 0. The minimum Gasteiger partial charge on any atom is -0.376 e. The summed E-state index contributed by atoms with van der Waals surface area (Å²) in [5.41, 5.74) is 0.00589. The van der Waals surface area contributed by atoms with E-state index in [-0.39, 0.29) is 11.2 Å². The molecule has 0 heterocycles. The van der Waals surface area contributed by atoms with Crippen molar-refractivity contribution in [3.05, 3.63) is 0 Å². The van der Waals surface area contributed by atoms with Crippen LogP contribution in [0.25, 0.3) is 0 Å². The van der Waals surface area contributed by atoms with Crippen molar-refractivity contribution in [3.8, 4) is 0 Å². The Bertz CT molecular complexity index is 354. The van der Waals surface area contributed by atoms with Crippen molar-refractivity contribution in [2.24, 2.45) is 17.8 Å². The molecule has 2 heteroatoms. The van der Waals surface area contributed by atoms with Crippen LogP contribution in [0.1, 0.15) is 127 Å². The molecular formula is C26H54O2. The van der Waals surface area contributed by atoms with E-state index in [4.69, 9.17) is 9.47 Å². The standard InChI is InChI=1S/C26H54O2/c1-22(2)14-12-16-23(3)15-10-11-20-28-26(8,9)19-13-17-24(4)18-21-27-25(5,6)7/h22-24H,10-21H2,1-9H3. The highest BCUT2D eigenvalue weighted by Crippen LogP contribution is 2.23. The van der Waals surface area contributed by atoms with E-state index in [1.54, 1.807) is 0 Å². The van der Waals surface area contributed by atoms with Crippen LogP contribution in [0, 0.1) is 17.8 Å². The molecule has 0 aromatic carbocycles. The first-order valence-electron chi connectivity index (χ1n) is 12.2. The van der Waals surface area contributed by atoms with Gasteiger partial charge in [-0.05, 0) is 71.6 Å².